The number of hydrogen-bond acceptors (Lipinski definition) is 14. The van der Waals surface area contributed by atoms with Gasteiger partial charge in [0.25, 0.3) is 0 Å². The zero-order valence-electron chi connectivity index (χ0n) is 19.5. The molecule has 8 N–H and O–H groups in total. The number of nitrogens with zero attached hydrogens (tertiary/aromatic N) is 8. The van der Waals surface area contributed by atoms with Crippen LogP contribution in [0.25, 0.3) is 22.3 Å². The second-order valence-electron chi connectivity index (χ2n) is 8.63. The number of aliphatic hydroxyl groups excluding tert-OH is 4. The highest BCUT2D eigenvalue weighted by atomic mass is 35.5. The van der Waals surface area contributed by atoms with Gasteiger partial charge in [-0.25, -0.2) is 9.97 Å². The number of halogens is 2. The van der Waals surface area contributed by atoms with Gasteiger partial charge in [0.1, 0.15) is 35.7 Å². The molecule has 0 saturated carbocycles. The van der Waals surface area contributed by atoms with Crippen molar-refractivity contribution in [2.24, 2.45) is 0 Å². The Morgan fingerprint density at radius 1 is 0.763 bits per heavy atom. The molecule has 0 radical (unpaired) electrons. The van der Waals surface area contributed by atoms with Crippen molar-refractivity contribution in [3.8, 4) is 0 Å². The number of aliphatic hydroxyl groups is 4. The van der Waals surface area contributed by atoms with E-state index < -0.39 is 36.9 Å². The number of ether oxygens (including phenoxy) is 2. The first kappa shape index (κ1) is 26.6. The first-order valence-corrected chi connectivity index (χ1v) is 12.2. The predicted molar refractivity (Wildman–Crippen MR) is 133 cm³/mol. The normalized spacial score (nSPS) is 27.2. The molecule has 0 aromatic carbocycles. The SMILES string of the molecule is Nc1nc(Cl)nc2c1ncn2[C@H]1C[C@H](O)[C@@H](CO)O1.Nc1nc(Cl)nc2c1ncn2[C@H]1C[C@H](O)[C@@H](CO)O1. The number of rotatable bonds is 4. The third-order valence-corrected chi connectivity index (χ3v) is 6.57. The van der Waals surface area contributed by atoms with Crippen molar-refractivity contribution < 1.29 is 29.9 Å². The van der Waals surface area contributed by atoms with E-state index in [-0.39, 0.29) is 35.4 Å². The van der Waals surface area contributed by atoms with Crippen LogP contribution in [0.1, 0.15) is 25.3 Å². The number of nitrogens with two attached hydrogens (primary N) is 2. The maximum absolute atomic E-state index is 9.74. The number of imidazole rings is 2. The van der Waals surface area contributed by atoms with Gasteiger partial charge in [-0.05, 0) is 23.2 Å². The van der Waals surface area contributed by atoms with E-state index in [4.69, 9.17) is 54.4 Å². The molecule has 6 heterocycles. The number of fused-ring (bicyclic) bond motifs is 2. The highest BCUT2D eigenvalue weighted by Gasteiger charge is 2.36. The van der Waals surface area contributed by atoms with Crippen LogP contribution in [0.4, 0.5) is 11.6 Å². The fourth-order valence-corrected chi connectivity index (χ4v) is 4.69. The summed E-state index contributed by atoms with van der Waals surface area (Å²) in [5, 5.41) is 37.7. The van der Waals surface area contributed by atoms with Gasteiger partial charge in [-0.1, -0.05) is 0 Å². The summed E-state index contributed by atoms with van der Waals surface area (Å²) in [6.45, 7) is -0.496. The zero-order chi connectivity index (χ0) is 27.1. The Morgan fingerprint density at radius 2 is 1.16 bits per heavy atom. The Labute approximate surface area is 223 Å². The van der Waals surface area contributed by atoms with Crippen LogP contribution in [0.15, 0.2) is 12.7 Å². The molecule has 4 aromatic rings. The lowest BCUT2D eigenvalue weighted by Crippen LogP contribution is -2.24. The molecular formula is C20H24Cl2N10O6. The summed E-state index contributed by atoms with van der Waals surface area (Å²) in [6.07, 6.45) is 0.0337. The topological polar surface area (TPSA) is 239 Å². The van der Waals surface area contributed by atoms with Gasteiger partial charge in [0.05, 0.1) is 38.1 Å². The van der Waals surface area contributed by atoms with E-state index >= 15 is 0 Å². The van der Waals surface area contributed by atoms with E-state index in [1.54, 1.807) is 9.13 Å². The lowest BCUT2D eigenvalue weighted by Gasteiger charge is -2.13. The first-order chi connectivity index (χ1) is 18.2. The highest BCUT2D eigenvalue weighted by molar-refractivity contribution is 6.29. The Morgan fingerprint density at radius 3 is 1.50 bits per heavy atom. The van der Waals surface area contributed by atoms with Crippen LogP contribution in [-0.4, -0.2) is 97.1 Å². The van der Waals surface area contributed by atoms with Crippen molar-refractivity contribution in [1.29, 1.82) is 0 Å². The summed E-state index contributed by atoms with van der Waals surface area (Å²) in [4.78, 5) is 24.0. The molecule has 38 heavy (non-hydrogen) atoms. The maximum atomic E-state index is 9.74. The zero-order valence-corrected chi connectivity index (χ0v) is 21.1. The standard InChI is InChI=1S/2C10H12ClN5O3/c2*11-10-14-8(12)7-9(15-10)16(3-13-7)6-1-4(18)5(2-17)19-6/h2*3-6,17-18H,1-2H2,(H2,12,14,15)/t2*4-,5+,6+/m00/s1. The third kappa shape index (κ3) is 4.92. The summed E-state index contributed by atoms with van der Waals surface area (Å²) < 4.78 is 14.3. The molecule has 0 aliphatic carbocycles. The summed E-state index contributed by atoms with van der Waals surface area (Å²) >= 11 is 11.5. The summed E-state index contributed by atoms with van der Waals surface area (Å²) in [5.74, 6) is 0.372. The molecule has 0 unspecified atom stereocenters. The number of anilines is 2. The van der Waals surface area contributed by atoms with Crippen molar-refractivity contribution in [1.82, 2.24) is 39.0 Å². The largest absolute Gasteiger partial charge is 0.394 e. The Bertz CT molecular complexity index is 1340. The fraction of sp³-hybridized carbons (Fsp3) is 0.500. The van der Waals surface area contributed by atoms with Gasteiger partial charge in [-0.3, -0.25) is 9.13 Å². The third-order valence-electron chi connectivity index (χ3n) is 6.23. The average Bonchev–Trinajstić information content (AvgIpc) is 3.64. The van der Waals surface area contributed by atoms with Gasteiger partial charge < -0.3 is 41.4 Å². The van der Waals surface area contributed by atoms with Crippen LogP contribution in [-0.2, 0) is 9.47 Å². The molecule has 0 spiro atoms. The van der Waals surface area contributed by atoms with E-state index in [1.807, 2.05) is 0 Å². The molecule has 18 heteroatoms. The van der Waals surface area contributed by atoms with Crippen LogP contribution >= 0.6 is 23.2 Å². The Kier molecular flexibility index (Phi) is 7.47. The lowest BCUT2D eigenvalue weighted by atomic mass is 10.2. The van der Waals surface area contributed by atoms with Gasteiger partial charge >= 0.3 is 0 Å². The van der Waals surface area contributed by atoms with Gasteiger partial charge in [0.15, 0.2) is 22.9 Å². The van der Waals surface area contributed by atoms with Crippen LogP contribution in [0.5, 0.6) is 0 Å². The fourth-order valence-electron chi connectivity index (χ4n) is 4.34. The second-order valence-corrected chi connectivity index (χ2v) is 9.31. The van der Waals surface area contributed by atoms with Gasteiger partial charge in [0.2, 0.25) is 10.6 Å². The molecule has 2 aliphatic heterocycles. The van der Waals surface area contributed by atoms with Crippen LogP contribution in [0.2, 0.25) is 10.6 Å². The molecular weight excluding hydrogens is 547 g/mol. The van der Waals surface area contributed by atoms with E-state index in [0.717, 1.165) is 0 Å². The van der Waals surface area contributed by atoms with Crippen molar-refractivity contribution in [3.05, 3.63) is 23.2 Å². The molecule has 204 valence electrons. The van der Waals surface area contributed by atoms with E-state index in [9.17, 15) is 10.2 Å². The minimum Gasteiger partial charge on any atom is -0.394 e. The predicted octanol–water partition coefficient (Wildman–Crippen LogP) is -0.595. The number of nitrogen functional groups attached to an aromatic ring is 2. The molecule has 6 atom stereocenters. The minimum absolute atomic E-state index is 0.0176. The van der Waals surface area contributed by atoms with E-state index in [1.165, 1.54) is 12.7 Å². The molecule has 4 aromatic heterocycles. The smallest absolute Gasteiger partial charge is 0.226 e. The molecule has 16 nitrogen and oxygen atoms in total. The Hall–Kier alpha value is -2.96. The second kappa shape index (κ2) is 10.7. The monoisotopic (exact) mass is 570 g/mol. The average molecular weight is 571 g/mol. The number of aromatic nitrogens is 8. The molecule has 6 rings (SSSR count). The summed E-state index contributed by atoms with van der Waals surface area (Å²) in [6, 6.07) is 0. The van der Waals surface area contributed by atoms with Crippen LogP contribution in [0.3, 0.4) is 0 Å². The van der Waals surface area contributed by atoms with Gasteiger partial charge in [-0.2, -0.15) is 19.9 Å². The highest BCUT2D eigenvalue weighted by Crippen LogP contribution is 2.33. The first-order valence-electron chi connectivity index (χ1n) is 11.4. The Balaban J connectivity index is 0.000000155. The molecule has 0 amide bonds. The molecule has 2 saturated heterocycles. The van der Waals surface area contributed by atoms with Crippen molar-refractivity contribution in [2.75, 3.05) is 24.7 Å². The van der Waals surface area contributed by atoms with Crippen LogP contribution < -0.4 is 11.5 Å². The molecule has 0 bridgehead atoms. The van der Waals surface area contributed by atoms with Gasteiger partial charge in [-0.15, -0.1) is 0 Å². The summed E-state index contributed by atoms with van der Waals surface area (Å²) in [5.41, 5.74) is 13.1. The van der Waals surface area contributed by atoms with Gasteiger partial charge in [0, 0.05) is 12.8 Å². The van der Waals surface area contributed by atoms with Crippen molar-refractivity contribution >= 4 is 57.2 Å². The van der Waals surface area contributed by atoms with Crippen LogP contribution in [0, 0.1) is 0 Å². The lowest BCUT2D eigenvalue weighted by molar-refractivity contribution is -0.0432. The summed E-state index contributed by atoms with van der Waals surface area (Å²) in [7, 11) is 0. The quantitative estimate of drug-likeness (QED) is 0.168. The van der Waals surface area contributed by atoms with E-state index in [2.05, 4.69) is 29.9 Å². The molecule has 2 aliphatic rings. The van der Waals surface area contributed by atoms with Crippen molar-refractivity contribution in [3.63, 3.8) is 0 Å². The molecule has 2 fully saturated rings. The van der Waals surface area contributed by atoms with E-state index in [0.29, 0.717) is 35.2 Å². The minimum atomic E-state index is -0.734. The van der Waals surface area contributed by atoms with Crippen molar-refractivity contribution in [2.45, 2.75) is 49.7 Å². The number of hydrogen-bond donors (Lipinski definition) is 6. The maximum Gasteiger partial charge on any atom is 0.226 e.